The lowest BCUT2D eigenvalue weighted by atomic mass is 10.2. The van der Waals surface area contributed by atoms with Gasteiger partial charge in [-0.1, -0.05) is 13.0 Å². The van der Waals surface area contributed by atoms with Crippen molar-refractivity contribution >= 4 is 17.7 Å². The second-order valence-electron chi connectivity index (χ2n) is 3.59. The van der Waals surface area contributed by atoms with Crippen LogP contribution in [-0.2, 0) is 4.79 Å². The molecule has 0 aromatic carbocycles. The molecule has 3 nitrogen and oxygen atoms in total. The number of hydrogen-bond acceptors (Lipinski definition) is 3. The molecule has 1 aliphatic rings. The number of amides is 1. The van der Waals surface area contributed by atoms with E-state index in [1.54, 1.807) is 0 Å². The number of likely N-dealkylation sites (N-methyl/N-ethyl adjacent to an activating group) is 1. The normalized spacial score (nSPS) is 21.0. The topological polar surface area (TPSA) is 32.3 Å². The molecule has 15 heavy (non-hydrogen) atoms. The molecule has 0 radical (unpaired) electrons. The average molecular weight is 228 g/mol. The van der Waals surface area contributed by atoms with Crippen LogP contribution in [-0.4, -0.2) is 48.0 Å². The predicted octanol–water partition coefficient (Wildman–Crippen LogP) is 1.12. The molecular weight excluding hydrogens is 208 g/mol. The van der Waals surface area contributed by atoms with Crippen molar-refractivity contribution in [3.63, 3.8) is 0 Å². The minimum absolute atomic E-state index is 0.0689. The van der Waals surface area contributed by atoms with Gasteiger partial charge in [-0.2, -0.15) is 11.8 Å². The molecule has 1 atom stereocenters. The van der Waals surface area contributed by atoms with E-state index in [0.717, 1.165) is 37.6 Å². The van der Waals surface area contributed by atoms with Crippen molar-refractivity contribution in [2.75, 3.05) is 31.1 Å². The Kier molecular flexibility index (Phi) is 5.79. The van der Waals surface area contributed by atoms with Crippen LogP contribution in [0.25, 0.3) is 0 Å². The van der Waals surface area contributed by atoms with Crippen LogP contribution in [0.15, 0.2) is 12.7 Å². The minimum atomic E-state index is 0.0689. The monoisotopic (exact) mass is 228 g/mol. The Morgan fingerprint density at radius 1 is 1.73 bits per heavy atom. The molecule has 0 spiro atoms. The molecule has 1 N–H and O–H groups in total. The predicted molar refractivity (Wildman–Crippen MR) is 66.2 cm³/mol. The number of nitrogens with one attached hydrogen (secondary N) is 1. The highest BCUT2D eigenvalue weighted by atomic mass is 32.2. The SMILES string of the molecule is C=CCSCCN1CCC(NCC)C1=O. The van der Waals surface area contributed by atoms with Crippen LogP contribution in [0.2, 0.25) is 0 Å². The van der Waals surface area contributed by atoms with Gasteiger partial charge in [-0.05, 0) is 13.0 Å². The fourth-order valence-corrected chi connectivity index (χ4v) is 2.42. The molecule has 1 fully saturated rings. The van der Waals surface area contributed by atoms with Gasteiger partial charge in [0.15, 0.2) is 0 Å². The van der Waals surface area contributed by atoms with Crippen LogP contribution in [0.5, 0.6) is 0 Å². The number of carbonyl (C=O) groups excluding carboxylic acids is 1. The lowest BCUT2D eigenvalue weighted by Crippen LogP contribution is -2.38. The van der Waals surface area contributed by atoms with E-state index in [9.17, 15) is 4.79 Å². The Labute approximate surface area is 96.3 Å². The van der Waals surface area contributed by atoms with Gasteiger partial charge in [0.25, 0.3) is 0 Å². The molecule has 86 valence electrons. The van der Waals surface area contributed by atoms with Gasteiger partial charge >= 0.3 is 0 Å². The Morgan fingerprint density at radius 2 is 2.53 bits per heavy atom. The molecule has 1 amide bonds. The summed E-state index contributed by atoms with van der Waals surface area (Å²) in [6.07, 6.45) is 2.86. The van der Waals surface area contributed by atoms with Crippen molar-refractivity contribution in [1.29, 1.82) is 0 Å². The van der Waals surface area contributed by atoms with Crippen LogP contribution in [0.3, 0.4) is 0 Å². The van der Waals surface area contributed by atoms with E-state index < -0.39 is 0 Å². The summed E-state index contributed by atoms with van der Waals surface area (Å²) in [7, 11) is 0. The first-order chi connectivity index (χ1) is 7.29. The summed E-state index contributed by atoms with van der Waals surface area (Å²) in [6, 6.07) is 0.0689. The smallest absolute Gasteiger partial charge is 0.239 e. The fraction of sp³-hybridized carbons (Fsp3) is 0.727. The first-order valence-electron chi connectivity index (χ1n) is 5.50. The van der Waals surface area contributed by atoms with E-state index in [0.29, 0.717) is 0 Å². The maximum absolute atomic E-state index is 11.8. The molecule has 1 unspecified atom stereocenters. The van der Waals surface area contributed by atoms with E-state index in [1.165, 1.54) is 0 Å². The van der Waals surface area contributed by atoms with Crippen molar-refractivity contribution in [2.45, 2.75) is 19.4 Å². The number of thioether (sulfide) groups is 1. The van der Waals surface area contributed by atoms with Gasteiger partial charge in [-0.3, -0.25) is 4.79 Å². The Morgan fingerprint density at radius 3 is 3.20 bits per heavy atom. The van der Waals surface area contributed by atoms with Gasteiger partial charge in [0.05, 0.1) is 6.04 Å². The maximum atomic E-state index is 11.8. The van der Waals surface area contributed by atoms with Gasteiger partial charge in [-0.25, -0.2) is 0 Å². The molecule has 1 heterocycles. The molecule has 1 aliphatic heterocycles. The third-order valence-corrected chi connectivity index (χ3v) is 3.43. The van der Waals surface area contributed by atoms with E-state index in [2.05, 4.69) is 11.9 Å². The van der Waals surface area contributed by atoms with Crippen molar-refractivity contribution in [3.8, 4) is 0 Å². The molecule has 0 saturated carbocycles. The summed E-state index contributed by atoms with van der Waals surface area (Å²) >= 11 is 1.82. The summed E-state index contributed by atoms with van der Waals surface area (Å²) in [6.45, 7) is 8.36. The zero-order valence-corrected chi connectivity index (χ0v) is 10.2. The highest BCUT2D eigenvalue weighted by Crippen LogP contribution is 2.12. The maximum Gasteiger partial charge on any atom is 0.239 e. The molecule has 4 heteroatoms. The third kappa shape index (κ3) is 3.87. The van der Waals surface area contributed by atoms with Crippen molar-refractivity contribution < 1.29 is 4.79 Å². The van der Waals surface area contributed by atoms with Crippen LogP contribution < -0.4 is 5.32 Å². The van der Waals surface area contributed by atoms with Crippen molar-refractivity contribution in [1.82, 2.24) is 10.2 Å². The summed E-state index contributed by atoms with van der Waals surface area (Å²) in [4.78, 5) is 13.8. The van der Waals surface area contributed by atoms with Gasteiger partial charge < -0.3 is 10.2 Å². The Balaban J connectivity index is 2.20. The van der Waals surface area contributed by atoms with Gasteiger partial charge in [0.2, 0.25) is 5.91 Å². The number of rotatable bonds is 7. The standard InChI is InChI=1S/C11H20N2OS/c1-3-8-15-9-7-13-6-5-10(11(13)14)12-4-2/h3,10,12H,1,4-9H2,2H3. The van der Waals surface area contributed by atoms with E-state index >= 15 is 0 Å². The number of carbonyl (C=O) groups is 1. The van der Waals surface area contributed by atoms with Gasteiger partial charge in [0.1, 0.15) is 0 Å². The lowest BCUT2D eigenvalue weighted by molar-refractivity contribution is -0.129. The zero-order chi connectivity index (χ0) is 11.1. The minimum Gasteiger partial charge on any atom is -0.340 e. The zero-order valence-electron chi connectivity index (χ0n) is 9.37. The summed E-state index contributed by atoms with van der Waals surface area (Å²) in [5.41, 5.74) is 0. The Bertz CT molecular complexity index is 221. The third-order valence-electron chi connectivity index (χ3n) is 2.49. The largest absolute Gasteiger partial charge is 0.340 e. The molecule has 1 saturated heterocycles. The molecular formula is C11H20N2OS. The van der Waals surface area contributed by atoms with Crippen LogP contribution in [0.1, 0.15) is 13.3 Å². The molecule has 0 aliphatic carbocycles. The highest BCUT2D eigenvalue weighted by molar-refractivity contribution is 7.99. The van der Waals surface area contributed by atoms with Crippen LogP contribution in [0.4, 0.5) is 0 Å². The van der Waals surface area contributed by atoms with E-state index in [4.69, 9.17) is 0 Å². The summed E-state index contributed by atoms with van der Waals surface area (Å²) in [5.74, 6) is 2.26. The first-order valence-corrected chi connectivity index (χ1v) is 6.65. The highest BCUT2D eigenvalue weighted by Gasteiger charge is 2.29. The van der Waals surface area contributed by atoms with Gasteiger partial charge in [-0.15, -0.1) is 6.58 Å². The lowest BCUT2D eigenvalue weighted by Gasteiger charge is -2.16. The van der Waals surface area contributed by atoms with Crippen molar-refractivity contribution in [2.24, 2.45) is 0 Å². The molecule has 0 aromatic heterocycles. The number of likely N-dealkylation sites (tertiary alicyclic amines) is 1. The fourth-order valence-electron chi connectivity index (χ4n) is 1.74. The molecule has 1 rings (SSSR count). The first kappa shape index (κ1) is 12.6. The Hall–Kier alpha value is -0.480. The quantitative estimate of drug-likeness (QED) is 0.523. The second kappa shape index (κ2) is 6.90. The molecule has 0 aromatic rings. The average Bonchev–Trinajstić information content (AvgIpc) is 2.57. The summed E-state index contributed by atoms with van der Waals surface area (Å²) < 4.78 is 0. The number of hydrogen-bond donors (Lipinski definition) is 1. The van der Waals surface area contributed by atoms with E-state index in [-0.39, 0.29) is 11.9 Å². The van der Waals surface area contributed by atoms with Crippen LogP contribution >= 0.6 is 11.8 Å². The molecule has 0 bridgehead atoms. The van der Waals surface area contributed by atoms with Crippen LogP contribution in [0, 0.1) is 0 Å². The second-order valence-corrected chi connectivity index (χ2v) is 4.74. The van der Waals surface area contributed by atoms with Gasteiger partial charge in [0, 0.05) is 24.6 Å². The number of nitrogens with zero attached hydrogens (tertiary/aromatic N) is 1. The van der Waals surface area contributed by atoms with Crippen molar-refractivity contribution in [3.05, 3.63) is 12.7 Å². The van der Waals surface area contributed by atoms with E-state index in [1.807, 2.05) is 29.7 Å². The summed E-state index contributed by atoms with van der Waals surface area (Å²) in [5, 5.41) is 3.21.